The van der Waals surface area contributed by atoms with E-state index in [1.807, 2.05) is 0 Å². The van der Waals surface area contributed by atoms with Gasteiger partial charge in [-0.25, -0.2) is 13.1 Å². The summed E-state index contributed by atoms with van der Waals surface area (Å²) in [5, 5.41) is 11.1. The van der Waals surface area contributed by atoms with Gasteiger partial charge < -0.3 is 14.2 Å². The fourth-order valence-corrected chi connectivity index (χ4v) is 3.56. The quantitative estimate of drug-likeness (QED) is 0.549. The van der Waals surface area contributed by atoms with Gasteiger partial charge in [0, 0.05) is 18.2 Å². The molecule has 9 nitrogen and oxygen atoms in total. The summed E-state index contributed by atoms with van der Waals surface area (Å²) in [6, 6.07) is 8.34. The molecule has 2 rings (SSSR count). The summed E-state index contributed by atoms with van der Waals surface area (Å²) >= 11 is 0. The van der Waals surface area contributed by atoms with Gasteiger partial charge in [-0.2, -0.15) is 0 Å². The fraction of sp³-hybridized carbons (Fsp3) is 0.250. The monoisotopic (exact) mass is 382 g/mol. The van der Waals surface area contributed by atoms with Gasteiger partial charge in [-0.05, 0) is 12.1 Å². The SMILES string of the molecule is COc1ccc(CNS(=O)(=O)c2ccccc2[N+](=O)[O-])c(OC)c1OC. The van der Waals surface area contributed by atoms with Crippen LogP contribution in [0.1, 0.15) is 5.56 Å². The molecule has 26 heavy (non-hydrogen) atoms. The van der Waals surface area contributed by atoms with Crippen LogP contribution in [0, 0.1) is 10.1 Å². The second kappa shape index (κ2) is 8.02. The Morgan fingerprint density at radius 2 is 1.65 bits per heavy atom. The van der Waals surface area contributed by atoms with E-state index >= 15 is 0 Å². The van der Waals surface area contributed by atoms with Gasteiger partial charge in [-0.1, -0.05) is 18.2 Å². The fourth-order valence-electron chi connectivity index (χ4n) is 2.39. The summed E-state index contributed by atoms with van der Waals surface area (Å²) < 4.78 is 43.0. The zero-order valence-electron chi connectivity index (χ0n) is 14.4. The molecule has 0 amide bonds. The van der Waals surface area contributed by atoms with Crippen molar-refractivity contribution in [2.45, 2.75) is 11.4 Å². The van der Waals surface area contributed by atoms with Gasteiger partial charge in [-0.15, -0.1) is 0 Å². The molecule has 2 aromatic rings. The number of ether oxygens (including phenoxy) is 3. The molecule has 0 spiro atoms. The lowest BCUT2D eigenvalue weighted by Gasteiger charge is -2.16. The third kappa shape index (κ3) is 3.86. The molecule has 0 saturated heterocycles. The second-order valence-electron chi connectivity index (χ2n) is 5.04. The zero-order valence-corrected chi connectivity index (χ0v) is 15.2. The molecule has 0 aliphatic heterocycles. The van der Waals surface area contributed by atoms with Crippen LogP contribution in [-0.4, -0.2) is 34.7 Å². The number of nitro benzene ring substituents is 1. The number of methoxy groups -OCH3 is 3. The molecule has 0 aromatic heterocycles. The van der Waals surface area contributed by atoms with Crippen molar-refractivity contribution in [2.24, 2.45) is 0 Å². The second-order valence-corrected chi connectivity index (χ2v) is 6.78. The molecule has 0 aliphatic carbocycles. The standard InChI is InChI=1S/C16H18N2O7S/c1-23-13-9-8-11(15(24-2)16(13)25-3)10-17-26(21,22)14-7-5-4-6-12(14)18(19)20/h4-9,17H,10H2,1-3H3. The van der Waals surface area contributed by atoms with Crippen LogP contribution in [0.2, 0.25) is 0 Å². The molecule has 1 N–H and O–H groups in total. The van der Waals surface area contributed by atoms with Crippen molar-refractivity contribution < 1.29 is 27.6 Å². The van der Waals surface area contributed by atoms with E-state index in [2.05, 4.69) is 4.72 Å². The first kappa shape index (κ1) is 19.5. The first-order valence-corrected chi connectivity index (χ1v) is 8.85. The Morgan fingerprint density at radius 1 is 1.00 bits per heavy atom. The normalized spacial score (nSPS) is 11.0. The van der Waals surface area contributed by atoms with E-state index in [-0.39, 0.29) is 6.54 Å². The van der Waals surface area contributed by atoms with Crippen molar-refractivity contribution in [2.75, 3.05) is 21.3 Å². The summed E-state index contributed by atoms with van der Waals surface area (Å²) in [7, 11) is 0.199. The van der Waals surface area contributed by atoms with Crippen LogP contribution in [0.5, 0.6) is 17.2 Å². The summed E-state index contributed by atoms with van der Waals surface area (Å²) in [6.07, 6.45) is 0. The maximum atomic E-state index is 12.5. The molecule has 0 bridgehead atoms. The highest BCUT2D eigenvalue weighted by Gasteiger charge is 2.25. The number of hydrogen-bond acceptors (Lipinski definition) is 7. The molecular weight excluding hydrogens is 364 g/mol. The maximum Gasteiger partial charge on any atom is 0.289 e. The van der Waals surface area contributed by atoms with Gasteiger partial charge in [0.15, 0.2) is 16.4 Å². The predicted octanol–water partition coefficient (Wildman–Crippen LogP) is 2.10. The molecule has 2 aromatic carbocycles. The van der Waals surface area contributed by atoms with Crippen molar-refractivity contribution in [3.63, 3.8) is 0 Å². The summed E-state index contributed by atoms with van der Waals surface area (Å²) in [5.74, 6) is 1.05. The molecule has 0 heterocycles. The maximum absolute atomic E-state index is 12.5. The largest absolute Gasteiger partial charge is 0.493 e. The predicted molar refractivity (Wildman–Crippen MR) is 93.2 cm³/mol. The molecule has 0 radical (unpaired) electrons. The van der Waals surface area contributed by atoms with E-state index in [1.165, 1.54) is 39.5 Å². The lowest BCUT2D eigenvalue weighted by molar-refractivity contribution is -0.387. The third-order valence-corrected chi connectivity index (χ3v) is 5.04. The minimum atomic E-state index is -4.11. The van der Waals surface area contributed by atoms with Crippen molar-refractivity contribution in [3.8, 4) is 17.2 Å². The van der Waals surface area contributed by atoms with E-state index in [0.717, 1.165) is 6.07 Å². The molecule has 10 heteroatoms. The molecule has 0 unspecified atom stereocenters. The number of nitrogens with one attached hydrogen (secondary N) is 1. The Hall–Kier alpha value is -2.85. The average molecular weight is 382 g/mol. The van der Waals surface area contributed by atoms with Gasteiger partial charge >= 0.3 is 0 Å². The molecule has 140 valence electrons. The van der Waals surface area contributed by atoms with Crippen LogP contribution in [0.15, 0.2) is 41.3 Å². The Labute approximate surface area is 150 Å². The van der Waals surface area contributed by atoms with Crippen LogP contribution >= 0.6 is 0 Å². The smallest absolute Gasteiger partial charge is 0.289 e. The molecule has 0 aliphatic rings. The van der Waals surface area contributed by atoms with E-state index in [1.54, 1.807) is 12.1 Å². The highest BCUT2D eigenvalue weighted by atomic mass is 32.2. The Balaban J connectivity index is 2.35. The number of nitrogens with zero attached hydrogens (tertiary/aromatic N) is 1. The minimum Gasteiger partial charge on any atom is -0.493 e. The third-order valence-electron chi connectivity index (χ3n) is 3.59. The Morgan fingerprint density at radius 3 is 2.23 bits per heavy atom. The van der Waals surface area contributed by atoms with Gasteiger partial charge in [0.1, 0.15) is 0 Å². The lowest BCUT2D eigenvalue weighted by atomic mass is 10.1. The molecule has 0 fully saturated rings. The van der Waals surface area contributed by atoms with Crippen LogP contribution in [0.25, 0.3) is 0 Å². The highest BCUT2D eigenvalue weighted by Crippen LogP contribution is 2.39. The zero-order chi connectivity index (χ0) is 19.3. The summed E-state index contributed by atoms with van der Waals surface area (Å²) in [6.45, 7) is -0.155. The first-order valence-electron chi connectivity index (χ1n) is 7.36. The summed E-state index contributed by atoms with van der Waals surface area (Å²) in [5.41, 5.74) is -0.0217. The number of para-hydroxylation sites is 1. The van der Waals surface area contributed by atoms with Crippen LogP contribution in [0.3, 0.4) is 0 Å². The number of rotatable bonds is 8. The molecular formula is C16H18N2O7S. The Bertz CT molecular complexity index is 913. The lowest BCUT2D eigenvalue weighted by Crippen LogP contribution is -2.24. The van der Waals surface area contributed by atoms with Crippen molar-refractivity contribution in [1.29, 1.82) is 0 Å². The van der Waals surface area contributed by atoms with Crippen LogP contribution in [0.4, 0.5) is 5.69 Å². The van der Waals surface area contributed by atoms with E-state index in [0.29, 0.717) is 22.8 Å². The number of hydrogen-bond donors (Lipinski definition) is 1. The average Bonchev–Trinajstić information content (AvgIpc) is 2.65. The van der Waals surface area contributed by atoms with E-state index in [4.69, 9.17) is 14.2 Å². The number of nitro groups is 1. The first-order chi connectivity index (χ1) is 12.4. The van der Waals surface area contributed by atoms with Gasteiger partial charge in [0.05, 0.1) is 26.3 Å². The van der Waals surface area contributed by atoms with Gasteiger partial charge in [-0.3, -0.25) is 10.1 Å². The number of benzene rings is 2. The van der Waals surface area contributed by atoms with E-state index < -0.39 is 25.5 Å². The highest BCUT2D eigenvalue weighted by molar-refractivity contribution is 7.89. The number of sulfonamides is 1. The van der Waals surface area contributed by atoms with Gasteiger partial charge in [0.2, 0.25) is 15.8 Å². The van der Waals surface area contributed by atoms with Crippen LogP contribution in [-0.2, 0) is 16.6 Å². The van der Waals surface area contributed by atoms with Crippen molar-refractivity contribution in [1.82, 2.24) is 4.72 Å². The van der Waals surface area contributed by atoms with Crippen molar-refractivity contribution in [3.05, 3.63) is 52.1 Å². The molecule has 0 saturated carbocycles. The van der Waals surface area contributed by atoms with Crippen molar-refractivity contribution >= 4 is 15.7 Å². The van der Waals surface area contributed by atoms with E-state index in [9.17, 15) is 18.5 Å². The minimum absolute atomic E-state index is 0.155. The van der Waals surface area contributed by atoms with Crippen LogP contribution < -0.4 is 18.9 Å². The van der Waals surface area contributed by atoms with Gasteiger partial charge in [0.25, 0.3) is 5.69 Å². The topological polar surface area (TPSA) is 117 Å². The molecule has 0 atom stereocenters. The Kier molecular flexibility index (Phi) is 6.01. The summed E-state index contributed by atoms with van der Waals surface area (Å²) in [4.78, 5) is 9.90.